The van der Waals surface area contributed by atoms with Crippen LogP contribution >= 0.6 is 12.2 Å². The molecule has 1 amide bonds. The van der Waals surface area contributed by atoms with Crippen LogP contribution < -0.4 is 11.1 Å². The molecule has 7 heteroatoms. The van der Waals surface area contributed by atoms with Crippen LogP contribution in [0.5, 0.6) is 0 Å². The summed E-state index contributed by atoms with van der Waals surface area (Å²) in [5, 5.41) is 6.44. The van der Waals surface area contributed by atoms with Gasteiger partial charge in [-0.05, 0) is 11.6 Å². The summed E-state index contributed by atoms with van der Waals surface area (Å²) in [7, 11) is 1.54. The van der Waals surface area contributed by atoms with Crippen molar-refractivity contribution in [3.05, 3.63) is 52.9 Å². The van der Waals surface area contributed by atoms with Gasteiger partial charge in [-0.2, -0.15) is 0 Å². The normalized spacial score (nSPS) is 10.3. The van der Waals surface area contributed by atoms with Crippen LogP contribution in [0.25, 0.3) is 0 Å². The number of nitrogens with one attached hydrogen (secondary N) is 1. The minimum Gasteiger partial charge on any atom is -0.389 e. The highest BCUT2D eigenvalue weighted by Crippen LogP contribution is 2.07. The number of carbonyl (C=O) groups excluding carboxylic acids is 1. The third-order valence-electron chi connectivity index (χ3n) is 2.74. The number of hydrogen-bond donors (Lipinski definition) is 2. The first kappa shape index (κ1) is 15.1. The maximum absolute atomic E-state index is 11.9. The maximum atomic E-state index is 11.9. The molecule has 3 N–H and O–H groups in total. The van der Waals surface area contributed by atoms with E-state index in [-0.39, 0.29) is 18.2 Å². The average Bonchev–Trinajstić information content (AvgIpc) is 2.94. The highest BCUT2D eigenvalue weighted by molar-refractivity contribution is 7.80. The highest BCUT2D eigenvalue weighted by atomic mass is 32.1. The van der Waals surface area contributed by atoms with Gasteiger partial charge in [-0.1, -0.05) is 35.6 Å². The summed E-state index contributed by atoms with van der Waals surface area (Å²) >= 11 is 4.92. The van der Waals surface area contributed by atoms with Crippen LogP contribution in [0, 0.1) is 0 Å². The molecule has 2 rings (SSSR count). The van der Waals surface area contributed by atoms with Gasteiger partial charge in [0.15, 0.2) is 11.5 Å². The van der Waals surface area contributed by atoms with Crippen LogP contribution in [-0.4, -0.2) is 23.2 Å². The van der Waals surface area contributed by atoms with Gasteiger partial charge in [0.1, 0.15) is 11.6 Å². The van der Waals surface area contributed by atoms with Gasteiger partial charge in [0.05, 0.1) is 0 Å². The molecule has 0 spiro atoms. The van der Waals surface area contributed by atoms with Crippen molar-refractivity contribution in [2.24, 2.45) is 5.73 Å². The number of hydrogen-bond acceptors (Lipinski definition) is 5. The topological polar surface area (TPSA) is 90.4 Å². The van der Waals surface area contributed by atoms with E-state index in [1.165, 1.54) is 7.11 Å². The van der Waals surface area contributed by atoms with E-state index < -0.39 is 0 Å². The molecule has 1 aromatic carbocycles. The number of thiocarbonyl (C=S) groups is 1. The van der Waals surface area contributed by atoms with Crippen molar-refractivity contribution < 1.29 is 14.1 Å². The number of carbonyl (C=O) groups is 1. The number of methoxy groups -OCH3 is 1. The predicted molar refractivity (Wildman–Crippen MR) is 80.7 cm³/mol. The second-order valence-electron chi connectivity index (χ2n) is 4.36. The molecule has 6 nitrogen and oxygen atoms in total. The number of nitrogens with zero attached hydrogens (tertiary/aromatic N) is 1. The Morgan fingerprint density at radius 2 is 2.29 bits per heavy atom. The molecule has 0 aliphatic heterocycles. The quantitative estimate of drug-likeness (QED) is 0.784. The molecule has 0 aliphatic carbocycles. The Labute approximate surface area is 127 Å². The summed E-state index contributed by atoms with van der Waals surface area (Å²) in [5.41, 5.74) is 7.45. The van der Waals surface area contributed by atoms with E-state index >= 15 is 0 Å². The fourth-order valence-electron chi connectivity index (χ4n) is 1.74. The minimum absolute atomic E-state index is 0.215. The molecular weight excluding hydrogens is 290 g/mol. The lowest BCUT2D eigenvalue weighted by Gasteiger charge is -2.05. The van der Waals surface area contributed by atoms with Crippen LogP contribution in [0.2, 0.25) is 0 Å². The third kappa shape index (κ3) is 4.11. The zero-order valence-corrected chi connectivity index (χ0v) is 12.3. The van der Waals surface area contributed by atoms with Gasteiger partial charge >= 0.3 is 0 Å². The van der Waals surface area contributed by atoms with Crippen LogP contribution in [0.4, 0.5) is 0 Å². The third-order valence-corrected chi connectivity index (χ3v) is 2.98. The summed E-state index contributed by atoms with van der Waals surface area (Å²) in [4.78, 5) is 12.3. The van der Waals surface area contributed by atoms with Crippen molar-refractivity contribution in [2.75, 3.05) is 7.11 Å². The molecule has 0 aliphatic rings. The van der Waals surface area contributed by atoms with E-state index in [1.54, 1.807) is 6.07 Å². The Morgan fingerprint density at radius 3 is 3.00 bits per heavy atom. The highest BCUT2D eigenvalue weighted by Gasteiger charge is 2.12. The molecule has 2 aromatic rings. The zero-order chi connectivity index (χ0) is 15.2. The van der Waals surface area contributed by atoms with E-state index in [2.05, 4.69) is 10.5 Å². The molecule has 0 saturated carbocycles. The van der Waals surface area contributed by atoms with Crippen LogP contribution in [0.1, 0.15) is 27.4 Å². The fourth-order valence-corrected chi connectivity index (χ4v) is 1.86. The summed E-state index contributed by atoms with van der Waals surface area (Å²) in [5.74, 6) is 0.181. The van der Waals surface area contributed by atoms with Gasteiger partial charge in [-0.15, -0.1) is 0 Å². The first-order valence-corrected chi connectivity index (χ1v) is 6.62. The van der Waals surface area contributed by atoms with Gasteiger partial charge in [-0.25, -0.2) is 0 Å². The summed E-state index contributed by atoms with van der Waals surface area (Å²) in [6.07, 6.45) is 0. The summed E-state index contributed by atoms with van der Waals surface area (Å²) in [6, 6.07) is 8.91. The van der Waals surface area contributed by atoms with Crippen molar-refractivity contribution in [3.63, 3.8) is 0 Å². The second kappa shape index (κ2) is 6.96. The van der Waals surface area contributed by atoms with Crippen molar-refractivity contribution in [2.45, 2.75) is 13.2 Å². The Bertz CT molecular complexity index is 654. The molecule has 110 valence electrons. The van der Waals surface area contributed by atoms with Crippen molar-refractivity contribution in [1.82, 2.24) is 10.5 Å². The van der Waals surface area contributed by atoms with E-state index in [9.17, 15) is 4.79 Å². The molecule has 1 aromatic heterocycles. The monoisotopic (exact) mass is 305 g/mol. The number of aromatic nitrogens is 1. The number of amides is 1. The molecule has 0 bridgehead atoms. The van der Waals surface area contributed by atoms with Gasteiger partial charge in [0.25, 0.3) is 5.91 Å². The lowest BCUT2D eigenvalue weighted by Crippen LogP contribution is -2.23. The van der Waals surface area contributed by atoms with Crippen LogP contribution in [0.3, 0.4) is 0 Å². The minimum atomic E-state index is -0.318. The molecule has 0 atom stereocenters. The van der Waals surface area contributed by atoms with Gasteiger partial charge in [-0.3, -0.25) is 4.79 Å². The summed E-state index contributed by atoms with van der Waals surface area (Å²) < 4.78 is 9.86. The summed E-state index contributed by atoms with van der Waals surface area (Å²) in [6.45, 7) is 0.623. The number of rotatable bonds is 6. The molecule has 0 unspecified atom stereocenters. The number of nitrogens with two attached hydrogens (primary N) is 1. The van der Waals surface area contributed by atoms with Crippen molar-refractivity contribution in [3.8, 4) is 0 Å². The van der Waals surface area contributed by atoms with E-state index in [0.29, 0.717) is 17.3 Å². The average molecular weight is 305 g/mol. The van der Waals surface area contributed by atoms with Crippen molar-refractivity contribution in [1.29, 1.82) is 0 Å². The number of benzene rings is 1. The Morgan fingerprint density at radius 1 is 1.48 bits per heavy atom. The first-order valence-electron chi connectivity index (χ1n) is 6.21. The first-order chi connectivity index (χ1) is 10.1. The lowest BCUT2D eigenvalue weighted by atomic mass is 10.1. The van der Waals surface area contributed by atoms with E-state index in [4.69, 9.17) is 27.2 Å². The lowest BCUT2D eigenvalue weighted by molar-refractivity contribution is 0.0941. The molecule has 0 fully saturated rings. The predicted octanol–water partition coefficient (Wildman–Crippen LogP) is 1.39. The Hall–Kier alpha value is -2.25. The van der Waals surface area contributed by atoms with Gasteiger partial charge in [0, 0.05) is 25.3 Å². The standard InChI is InChI=1S/C14H15N3O3S/c1-19-8-11-6-12(17-20-11)14(18)16-7-9-3-2-4-10(5-9)13(15)21/h2-6H,7-8H2,1H3,(H2,15,21)(H,16,18). The number of ether oxygens (including phenoxy) is 1. The molecule has 1 heterocycles. The molecular formula is C14H15N3O3S. The smallest absolute Gasteiger partial charge is 0.273 e. The van der Waals surface area contributed by atoms with Crippen LogP contribution in [-0.2, 0) is 17.9 Å². The van der Waals surface area contributed by atoms with E-state index in [0.717, 1.165) is 11.1 Å². The fraction of sp³-hybridized carbons (Fsp3) is 0.214. The Balaban J connectivity index is 1.97. The van der Waals surface area contributed by atoms with Gasteiger partial charge < -0.3 is 20.3 Å². The Kier molecular flexibility index (Phi) is 5.02. The van der Waals surface area contributed by atoms with Gasteiger partial charge in [0.2, 0.25) is 0 Å². The second-order valence-corrected chi connectivity index (χ2v) is 4.80. The molecule has 0 saturated heterocycles. The van der Waals surface area contributed by atoms with E-state index in [1.807, 2.05) is 24.3 Å². The van der Waals surface area contributed by atoms with Crippen molar-refractivity contribution >= 4 is 23.1 Å². The molecule has 21 heavy (non-hydrogen) atoms. The maximum Gasteiger partial charge on any atom is 0.273 e. The largest absolute Gasteiger partial charge is 0.389 e. The molecule has 0 radical (unpaired) electrons. The SMILES string of the molecule is COCc1cc(C(=O)NCc2cccc(C(N)=S)c2)no1. The zero-order valence-electron chi connectivity index (χ0n) is 11.5. The van der Waals surface area contributed by atoms with Crippen LogP contribution in [0.15, 0.2) is 34.9 Å².